The third-order valence-corrected chi connectivity index (χ3v) is 5.26. The van der Waals surface area contributed by atoms with Gasteiger partial charge in [-0.25, -0.2) is 9.67 Å². The van der Waals surface area contributed by atoms with Crippen LogP contribution in [-0.4, -0.2) is 40.9 Å². The highest BCUT2D eigenvalue weighted by Crippen LogP contribution is 2.26. The summed E-state index contributed by atoms with van der Waals surface area (Å²) in [6.45, 7) is 5.98. The number of anilines is 2. The van der Waals surface area contributed by atoms with E-state index in [4.69, 9.17) is 0 Å². The molecule has 1 aliphatic rings. The molecular weight excluding hydrogens is 310 g/mol. The molecule has 0 saturated carbocycles. The molecule has 0 bridgehead atoms. The first kappa shape index (κ1) is 16.0. The van der Waals surface area contributed by atoms with E-state index in [1.807, 2.05) is 18.6 Å². The van der Waals surface area contributed by atoms with Crippen LogP contribution in [0.4, 0.5) is 10.8 Å². The van der Waals surface area contributed by atoms with Gasteiger partial charge in [0, 0.05) is 43.8 Å². The summed E-state index contributed by atoms with van der Waals surface area (Å²) in [5.41, 5.74) is 0.842. The minimum atomic E-state index is -0.0269. The van der Waals surface area contributed by atoms with Crippen molar-refractivity contribution >= 4 is 22.2 Å². The van der Waals surface area contributed by atoms with E-state index >= 15 is 0 Å². The lowest BCUT2D eigenvalue weighted by Crippen LogP contribution is -2.41. The number of aromatic nitrogens is 3. The Kier molecular flexibility index (Phi) is 4.66. The minimum absolute atomic E-state index is 0.0269. The molecule has 0 N–H and O–H groups in total. The van der Waals surface area contributed by atoms with Crippen molar-refractivity contribution in [1.82, 2.24) is 14.8 Å². The molecule has 124 valence electrons. The molecule has 1 aliphatic heterocycles. The molecule has 1 fully saturated rings. The van der Waals surface area contributed by atoms with E-state index in [9.17, 15) is 4.79 Å². The average Bonchev–Trinajstić information content (AvgIpc) is 3.08. The lowest BCUT2D eigenvalue weighted by molar-refractivity contribution is 0.362. The van der Waals surface area contributed by atoms with Crippen LogP contribution in [0.15, 0.2) is 28.6 Å². The summed E-state index contributed by atoms with van der Waals surface area (Å²) in [6, 6.07) is 2.13. The smallest absolute Gasteiger partial charge is 0.269 e. The van der Waals surface area contributed by atoms with Crippen molar-refractivity contribution in [3.63, 3.8) is 0 Å². The fraction of sp³-hybridized carbons (Fsp3) is 0.562. The van der Waals surface area contributed by atoms with E-state index in [-0.39, 0.29) is 11.6 Å². The van der Waals surface area contributed by atoms with Crippen molar-refractivity contribution in [3.8, 4) is 0 Å². The van der Waals surface area contributed by atoms with Crippen LogP contribution >= 0.6 is 11.3 Å². The first-order chi connectivity index (χ1) is 11.1. The monoisotopic (exact) mass is 333 g/mol. The van der Waals surface area contributed by atoms with Crippen molar-refractivity contribution < 1.29 is 0 Å². The molecule has 1 atom stereocenters. The summed E-state index contributed by atoms with van der Waals surface area (Å²) in [7, 11) is 1.98. The van der Waals surface area contributed by atoms with Gasteiger partial charge in [-0.3, -0.25) is 4.79 Å². The minimum Gasteiger partial charge on any atom is -0.371 e. The standard InChI is InChI=1S/C16H23N5OS/c1-12(2)19(3)14-9-15(22)21(18-10-14)13-5-4-7-20(11-13)16-17-6-8-23-16/h6,8-10,12-13H,4-5,7,11H2,1-3H3. The van der Waals surface area contributed by atoms with Crippen LogP contribution < -0.4 is 15.4 Å². The van der Waals surface area contributed by atoms with Gasteiger partial charge in [-0.2, -0.15) is 5.10 Å². The fourth-order valence-electron chi connectivity index (χ4n) is 2.87. The predicted molar refractivity (Wildman–Crippen MR) is 94.6 cm³/mol. The molecule has 3 rings (SSSR count). The first-order valence-corrected chi connectivity index (χ1v) is 8.90. The van der Waals surface area contributed by atoms with E-state index in [1.165, 1.54) is 0 Å². The molecule has 6 nitrogen and oxygen atoms in total. The Labute approximate surface area is 140 Å². The second kappa shape index (κ2) is 6.70. The number of hydrogen-bond acceptors (Lipinski definition) is 6. The van der Waals surface area contributed by atoms with Gasteiger partial charge in [0.15, 0.2) is 5.13 Å². The average molecular weight is 333 g/mol. The van der Waals surface area contributed by atoms with Crippen LogP contribution in [0.25, 0.3) is 0 Å². The van der Waals surface area contributed by atoms with E-state index < -0.39 is 0 Å². The van der Waals surface area contributed by atoms with Crippen LogP contribution in [0, 0.1) is 0 Å². The van der Waals surface area contributed by atoms with Crippen molar-refractivity contribution in [2.24, 2.45) is 0 Å². The molecule has 1 saturated heterocycles. The maximum Gasteiger partial charge on any atom is 0.269 e. The SMILES string of the molecule is CC(C)N(C)c1cnn(C2CCCN(c3nccs3)C2)c(=O)c1. The van der Waals surface area contributed by atoms with Gasteiger partial charge in [0.1, 0.15) is 0 Å². The topological polar surface area (TPSA) is 54.3 Å². The van der Waals surface area contributed by atoms with Crippen LogP contribution in [-0.2, 0) is 0 Å². The van der Waals surface area contributed by atoms with E-state index in [2.05, 4.69) is 33.7 Å². The Hall–Kier alpha value is -1.89. The second-order valence-electron chi connectivity index (χ2n) is 6.26. The molecule has 1 unspecified atom stereocenters. The zero-order chi connectivity index (χ0) is 16.4. The van der Waals surface area contributed by atoms with Gasteiger partial charge in [-0.15, -0.1) is 11.3 Å². The largest absolute Gasteiger partial charge is 0.371 e. The molecule has 0 amide bonds. The molecule has 2 aromatic heterocycles. The van der Waals surface area contributed by atoms with Crippen LogP contribution in [0.2, 0.25) is 0 Å². The van der Waals surface area contributed by atoms with Crippen LogP contribution in [0.1, 0.15) is 32.7 Å². The van der Waals surface area contributed by atoms with Crippen molar-refractivity contribution in [3.05, 3.63) is 34.2 Å². The zero-order valence-electron chi connectivity index (χ0n) is 13.8. The lowest BCUT2D eigenvalue weighted by atomic mass is 10.1. The van der Waals surface area contributed by atoms with Crippen molar-refractivity contribution in [1.29, 1.82) is 0 Å². The fourth-order valence-corrected chi connectivity index (χ4v) is 3.55. The highest BCUT2D eigenvalue weighted by atomic mass is 32.1. The van der Waals surface area contributed by atoms with Gasteiger partial charge >= 0.3 is 0 Å². The molecule has 0 aromatic carbocycles. The number of piperidine rings is 1. The van der Waals surface area contributed by atoms with Gasteiger partial charge in [0.2, 0.25) is 0 Å². The van der Waals surface area contributed by atoms with Gasteiger partial charge in [-0.05, 0) is 26.7 Å². The summed E-state index contributed by atoms with van der Waals surface area (Å²) in [4.78, 5) is 21.2. The third kappa shape index (κ3) is 3.39. The summed E-state index contributed by atoms with van der Waals surface area (Å²) in [5.74, 6) is 0. The van der Waals surface area contributed by atoms with Gasteiger partial charge in [0.25, 0.3) is 5.56 Å². The van der Waals surface area contributed by atoms with Gasteiger partial charge in [0.05, 0.1) is 17.9 Å². The Morgan fingerprint density at radius 1 is 1.43 bits per heavy atom. The highest BCUT2D eigenvalue weighted by molar-refractivity contribution is 7.13. The summed E-state index contributed by atoms with van der Waals surface area (Å²) in [6.07, 6.45) is 5.65. The Morgan fingerprint density at radius 2 is 2.26 bits per heavy atom. The van der Waals surface area contributed by atoms with E-state index in [0.717, 1.165) is 36.8 Å². The Bertz CT molecular complexity index is 697. The maximum absolute atomic E-state index is 12.5. The normalized spacial score (nSPS) is 18.4. The highest BCUT2D eigenvalue weighted by Gasteiger charge is 2.24. The number of nitrogens with zero attached hydrogens (tertiary/aromatic N) is 5. The molecule has 2 aromatic rings. The third-order valence-electron chi connectivity index (χ3n) is 4.43. The molecule has 23 heavy (non-hydrogen) atoms. The molecule has 0 spiro atoms. The van der Waals surface area contributed by atoms with E-state index in [1.54, 1.807) is 28.3 Å². The van der Waals surface area contributed by atoms with Gasteiger partial charge in [-0.1, -0.05) is 0 Å². The van der Waals surface area contributed by atoms with Gasteiger partial charge < -0.3 is 9.80 Å². The summed E-state index contributed by atoms with van der Waals surface area (Å²) < 4.78 is 1.64. The quantitative estimate of drug-likeness (QED) is 0.860. The zero-order valence-corrected chi connectivity index (χ0v) is 14.7. The van der Waals surface area contributed by atoms with Crippen molar-refractivity contribution in [2.75, 3.05) is 29.9 Å². The molecule has 3 heterocycles. The summed E-state index contributed by atoms with van der Waals surface area (Å²) >= 11 is 1.64. The summed E-state index contributed by atoms with van der Waals surface area (Å²) in [5, 5.41) is 7.45. The van der Waals surface area contributed by atoms with E-state index in [0.29, 0.717) is 6.04 Å². The first-order valence-electron chi connectivity index (χ1n) is 8.02. The molecule has 7 heteroatoms. The second-order valence-corrected chi connectivity index (χ2v) is 7.13. The lowest BCUT2D eigenvalue weighted by Gasteiger charge is -2.33. The maximum atomic E-state index is 12.5. The van der Waals surface area contributed by atoms with Crippen LogP contribution in [0.3, 0.4) is 0 Å². The van der Waals surface area contributed by atoms with Crippen molar-refractivity contribution in [2.45, 2.75) is 38.8 Å². The number of thiazole rings is 1. The number of hydrogen-bond donors (Lipinski definition) is 0. The molecule has 0 radical (unpaired) electrons. The predicted octanol–water partition coefficient (Wildman–Crippen LogP) is 2.39. The Morgan fingerprint density at radius 3 is 2.91 bits per heavy atom. The Balaban J connectivity index is 1.80. The number of rotatable bonds is 4. The molecular formula is C16H23N5OS. The molecule has 0 aliphatic carbocycles. The van der Waals surface area contributed by atoms with Crippen LogP contribution in [0.5, 0.6) is 0 Å².